The summed E-state index contributed by atoms with van der Waals surface area (Å²) in [6, 6.07) is 8.77. The fourth-order valence-electron chi connectivity index (χ4n) is 3.25. The monoisotopic (exact) mass is 422 g/mol. The number of pyridine rings is 1. The summed E-state index contributed by atoms with van der Waals surface area (Å²) in [5.41, 5.74) is -0.274. The summed E-state index contributed by atoms with van der Waals surface area (Å²) in [7, 11) is 0. The SMILES string of the molecule is CCCCCOc1ccc(C(=O)N2CCC(Oc3cc(C(F)(F)F)ccn3)C2)cc1. The summed E-state index contributed by atoms with van der Waals surface area (Å²) in [5.74, 6) is 0.491. The lowest BCUT2D eigenvalue weighted by Gasteiger charge is -2.17. The van der Waals surface area contributed by atoms with Crippen molar-refractivity contribution in [2.24, 2.45) is 0 Å². The van der Waals surface area contributed by atoms with Crippen LogP contribution in [0.5, 0.6) is 11.6 Å². The minimum absolute atomic E-state index is 0.0892. The van der Waals surface area contributed by atoms with E-state index in [1.807, 2.05) is 0 Å². The lowest BCUT2D eigenvalue weighted by molar-refractivity contribution is -0.137. The average molecular weight is 422 g/mol. The fraction of sp³-hybridized carbons (Fsp3) is 0.455. The van der Waals surface area contributed by atoms with Crippen LogP contribution in [0.25, 0.3) is 0 Å². The van der Waals surface area contributed by atoms with Crippen molar-refractivity contribution >= 4 is 5.91 Å². The Morgan fingerprint density at radius 1 is 1.20 bits per heavy atom. The Labute approximate surface area is 173 Å². The smallest absolute Gasteiger partial charge is 0.416 e. The molecular weight excluding hydrogens is 397 g/mol. The third kappa shape index (κ3) is 5.87. The van der Waals surface area contributed by atoms with Gasteiger partial charge < -0.3 is 14.4 Å². The van der Waals surface area contributed by atoms with Crippen molar-refractivity contribution in [2.45, 2.75) is 44.9 Å². The van der Waals surface area contributed by atoms with Gasteiger partial charge in [0.1, 0.15) is 11.9 Å². The molecule has 0 aliphatic carbocycles. The van der Waals surface area contributed by atoms with Crippen molar-refractivity contribution in [1.82, 2.24) is 9.88 Å². The standard InChI is InChI=1S/C22H25F3N2O3/c1-2-3-4-13-29-18-7-5-16(6-8-18)21(28)27-12-10-19(15-27)30-20-14-17(9-11-26-20)22(23,24)25/h5-9,11,14,19H,2-4,10,12-13,15H2,1H3. The number of nitrogens with zero attached hydrogens (tertiary/aromatic N) is 2. The van der Waals surface area contributed by atoms with Crippen molar-refractivity contribution in [3.8, 4) is 11.6 Å². The first kappa shape index (κ1) is 21.9. The highest BCUT2D eigenvalue weighted by molar-refractivity contribution is 5.94. The quantitative estimate of drug-likeness (QED) is 0.564. The maximum absolute atomic E-state index is 12.8. The van der Waals surface area contributed by atoms with Gasteiger partial charge in [-0.15, -0.1) is 0 Å². The van der Waals surface area contributed by atoms with Crippen LogP contribution < -0.4 is 9.47 Å². The van der Waals surface area contributed by atoms with Crippen molar-refractivity contribution in [3.05, 3.63) is 53.7 Å². The Bertz CT molecular complexity index is 840. The molecule has 0 bridgehead atoms. The van der Waals surface area contributed by atoms with E-state index in [2.05, 4.69) is 11.9 Å². The fourth-order valence-corrected chi connectivity index (χ4v) is 3.25. The number of aromatic nitrogens is 1. The highest BCUT2D eigenvalue weighted by Gasteiger charge is 2.32. The molecule has 1 aromatic carbocycles. The molecule has 2 aromatic rings. The molecule has 0 saturated carbocycles. The number of likely N-dealkylation sites (tertiary alicyclic amines) is 1. The zero-order chi connectivity index (χ0) is 21.6. The summed E-state index contributed by atoms with van der Waals surface area (Å²) in [4.78, 5) is 18.2. The number of hydrogen-bond donors (Lipinski definition) is 0. The van der Waals surface area contributed by atoms with Gasteiger partial charge in [0, 0.05) is 30.8 Å². The van der Waals surface area contributed by atoms with Crippen molar-refractivity contribution in [3.63, 3.8) is 0 Å². The van der Waals surface area contributed by atoms with Crippen LogP contribution in [0.15, 0.2) is 42.6 Å². The zero-order valence-electron chi connectivity index (χ0n) is 16.8. The number of alkyl halides is 3. The second-order valence-corrected chi connectivity index (χ2v) is 7.24. The predicted molar refractivity (Wildman–Crippen MR) is 106 cm³/mol. The molecule has 8 heteroatoms. The Kier molecular flexibility index (Phi) is 7.18. The molecule has 1 fully saturated rings. The van der Waals surface area contributed by atoms with E-state index >= 15 is 0 Å². The van der Waals surface area contributed by atoms with Gasteiger partial charge in [0.2, 0.25) is 5.88 Å². The minimum atomic E-state index is -4.45. The molecule has 30 heavy (non-hydrogen) atoms. The average Bonchev–Trinajstić information content (AvgIpc) is 3.19. The Hall–Kier alpha value is -2.77. The Morgan fingerprint density at radius 3 is 2.67 bits per heavy atom. The number of halogens is 3. The molecule has 0 N–H and O–H groups in total. The van der Waals surface area contributed by atoms with Crippen LogP contribution in [0.3, 0.4) is 0 Å². The Balaban J connectivity index is 1.53. The number of benzene rings is 1. The highest BCUT2D eigenvalue weighted by Crippen LogP contribution is 2.31. The number of carbonyl (C=O) groups excluding carboxylic acids is 1. The van der Waals surface area contributed by atoms with E-state index in [1.54, 1.807) is 29.2 Å². The van der Waals surface area contributed by atoms with Crippen LogP contribution in [-0.2, 0) is 6.18 Å². The lowest BCUT2D eigenvalue weighted by atomic mass is 10.2. The molecule has 0 spiro atoms. The molecule has 0 radical (unpaired) electrons. The number of hydrogen-bond acceptors (Lipinski definition) is 4. The van der Waals surface area contributed by atoms with Gasteiger partial charge in [-0.2, -0.15) is 13.2 Å². The molecule has 1 saturated heterocycles. The van der Waals surface area contributed by atoms with Gasteiger partial charge in [0.15, 0.2) is 0 Å². The van der Waals surface area contributed by atoms with E-state index in [1.165, 1.54) is 0 Å². The number of unbranched alkanes of at least 4 members (excludes halogenated alkanes) is 2. The van der Waals surface area contributed by atoms with Crippen LogP contribution in [-0.4, -0.2) is 41.6 Å². The van der Waals surface area contributed by atoms with Crippen molar-refractivity contribution < 1.29 is 27.4 Å². The second kappa shape index (κ2) is 9.82. The van der Waals surface area contributed by atoms with Gasteiger partial charge in [0.05, 0.1) is 18.7 Å². The van der Waals surface area contributed by atoms with Crippen LogP contribution in [0, 0.1) is 0 Å². The minimum Gasteiger partial charge on any atom is -0.494 e. The van der Waals surface area contributed by atoms with E-state index < -0.39 is 17.8 Å². The lowest BCUT2D eigenvalue weighted by Crippen LogP contribution is -2.31. The molecule has 5 nitrogen and oxygen atoms in total. The molecular formula is C22H25F3N2O3. The maximum atomic E-state index is 12.8. The van der Waals surface area contributed by atoms with E-state index in [9.17, 15) is 18.0 Å². The van der Waals surface area contributed by atoms with Gasteiger partial charge in [-0.05, 0) is 36.8 Å². The largest absolute Gasteiger partial charge is 0.494 e. The topological polar surface area (TPSA) is 51.7 Å². The first-order valence-electron chi connectivity index (χ1n) is 10.1. The summed E-state index contributed by atoms with van der Waals surface area (Å²) in [6.45, 7) is 3.55. The van der Waals surface area contributed by atoms with Crippen molar-refractivity contribution in [2.75, 3.05) is 19.7 Å². The summed E-state index contributed by atoms with van der Waals surface area (Å²) in [6.07, 6.45) is -0.0143. The van der Waals surface area contributed by atoms with Crippen LogP contribution in [0.2, 0.25) is 0 Å². The summed E-state index contributed by atoms with van der Waals surface area (Å²) in [5, 5.41) is 0. The zero-order valence-corrected chi connectivity index (χ0v) is 16.8. The van der Waals surface area contributed by atoms with E-state index in [0.29, 0.717) is 31.7 Å². The third-order valence-corrected chi connectivity index (χ3v) is 4.90. The maximum Gasteiger partial charge on any atom is 0.416 e. The highest BCUT2D eigenvalue weighted by atomic mass is 19.4. The molecule has 1 amide bonds. The van der Waals surface area contributed by atoms with Gasteiger partial charge in [-0.1, -0.05) is 19.8 Å². The van der Waals surface area contributed by atoms with Gasteiger partial charge in [-0.25, -0.2) is 4.98 Å². The molecule has 1 unspecified atom stereocenters. The molecule has 1 aliphatic heterocycles. The Morgan fingerprint density at radius 2 is 1.97 bits per heavy atom. The van der Waals surface area contributed by atoms with Gasteiger partial charge in [0.25, 0.3) is 5.91 Å². The van der Waals surface area contributed by atoms with Crippen LogP contribution in [0.1, 0.15) is 48.5 Å². The van der Waals surface area contributed by atoms with Crippen LogP contribution >= 0.6 is 0 Å². The van der Waals surface area contributed by atoms with Gasteiger partial charge >= 0.3 is 6.18 Å². The number of ether oxygens (including phenoxy) is 2. The first-order valence-corrected chi connectivity index (χ1v) is 10.1. The summed E-state index contributed by atoms with van der Waals surface area (Å²) >= 11 is 0. The van der Waals surface area contributed by atoms with E-state index in [-0.39, 0.29) is 11.8 Å². The normalized spacial score (nSPS) is 16.5. The number of amides is 1. The van der Waals surface area contributed by atoms with Crippen molar-refractivity contribution in [1.29, 1.82) is 0 Å². The molecule has 1 atom stereocenters. The van der Waals surface area contributed by atoms with Crippen LogP contribution in [0.4, 0.5) is 13.2 Å². The number of carbonyl (C=O) groups is 1. The number of rotatable bonds is 8. The molecule has 2 heterocycles. The third-order valence-electron chi connectivity index (χ3n) is 4.90. The van der Waals surface area contributed by atoms with Gasteiger partial charge in [-0.3, -0.25) is 4.79 Å². The second-order valence-electron chi connectivity index (χ2n) is 7.24. The summed E-state index contributed by atoms with van der Waals surface area (Å²) < 4.78 is 49.7. The molecule has 1 aromatic heterocycles. The molecule has 162 valence electrons. The van der Waals surface area contributed by atoms with E-state index in [4.69, 9.17) is 9.47 Å². The molecule has 1 aliphatic rings. The predicted octanol–water partition coefficient (Wildman–Crippen LogP) is 4.96. The first-order chi connectivity index (χ1) is 14.4. The van der Waals surface area contributed by atoms with E-state index in [0.717, 1.165) is 43.3 Å². The molecule has 3 rings (SSSR count).